The van der Waals surface area contributed by atoms with Crippen molar-refractivity contribution in [1.29, 1.82) is 0 Å². The number of fused-ring (bicyclic) bond motifs is 1. The minimum atomic E-state index is -0.250. The van der Waals surface area contributed by atoms with Crippen LogP contribution in [0, 0.1) is 0 Å². The van der Waals surface area contributed by atoms with Crippen LogP contribution >= 0.6 is 11.3 Å². The largest absolute Gasteiger partial charge is 0.508 e. The molecule has 2 N–H and O–H groups in total. The Morgan fingerprint density at radius 2 is 2.11 bits per heavy atom. The quantitative estimate of drug-likeness (QED) is 0.751. The van der Waals surface area contributed by atoms with Crippen molar-refractivity contribution in [1.82, 2.24) is 4.98 Å². The van der Waals surface area contributed by atoms with Crippen LogP contribution in [0.15, 0.2) is 48.0 Å². The van der Waals surface area contributed by atoms with Gasteiger partial charge in [0.1, 0.15) is 5.75 Å². The van der Waals surface area contributed by atoms with Crippen LogP contribution in [0.25, 0.3) is 10.2 Å². The van der Waals surface area contributed by atoms with Crippen molar-refractivity contribution in [3.8, 4) is 5.75 Å². The molecule has 5 heteroatoms. The average molecular weight is 270 g/mol. The zero-order valence-electron chi connectivity index (χ0n) is 9.83. The summed E-state index contributed by atoms with van der Waals surface area (Å²) >= 11 is 1.52. The normalized spacial score (nSPS) is 10.5. The number of benzene rings is 2. The van der Waals surface area contributed by atoms with E-state index in [2.05, 4.69) is 10.3 Å². The third-order valence-electron chi connectivity index (χ3n) is 2.70. The molecule has 0 fully saturated rings. The van der Waals surface area contributed by atoms with E-state index in [9.17, 15) is 9.90 Å². The Morgan fingerprint density at radius 3 is 2.95 bits per heavy atom. The smallest absolute Gasteiger partial charge is 0.255 e. The Kier molecular flexibility index (Phi) is 2.89. The Bertz CT molecular complexity index is 752. The first-order chi connectivity index (χ1) is 9.22. The topological polar surface area (TPSA) is 62.2 Å². The SMILES string of the molecule is O=C(Nc1ccc2ncsc2c1)c1cccc(O)c1. The van der Waals surface area contributed by atoms with Gasteiger partial charge in [-0.2, -0.15) is 0 Å². The lowest BCUT2D eigenvalue weighted by Crippen LogP contribution is -2.11. The molecule has 0 saturated heterocycles. The summed E-state index contributed by atoms with van der Waals surface area (Å²) in [7, 11) is 0. The van der Waals surface area contributed by atoms with E-state index in [-0.39, 0.29) is 11.7 Å². The van der Waals surface area contributed by atoms with Crippen LogP contribution in [-0.4, -0.2) is 16.0 Å². The predicted octanol–water partition coefficient (Wildman–Crippen LogP) is 3.25. The van der Waals surface area contributed by atoms with E-state index < -0.39 is 0 Å². The molecule has 0 saturated carbocycles. The molecule has 2 aromatic carbocycles. The van der Waals surface area contributed by atoms with Gasteiger partial charge in [-0.25, -0.2) is 4.98 Å². The number of hydrogen-bond donors (Lipinski definition) is 2. The lowest BCUT2D eigenvalue weighted by Gasteiger charge is -2.05. The molecule has 0 aliphatic heterocycles. The van der Waals surface area contributed by atoms with Gasteiger partial charge in [0.15, 0.2) is 0 Å². The fourth-order valence-corrected chi connectivity index (χ4v) is 2.50. The number of phenolic OH excluding ortho intramolecular Hbond substituents is 1. The van der Waals surface area contributed by atoms with Gasteiger partial charge in [0.25, 0.3) is 5.91 Å². The molecule has 3 aromatic rings. The van der Waals surface area contributed by atoms with E-state index in [1.54, 1.807) is 17.6 Å². The summed E-state index contributed by atoms with van der Waals surface area (Å²) in [6.45, 7) is 0. The summed E-state index contributed by atoms with van der Waals surface area (Å²) in [6, 6.07) is 11.8. The van der Waals surface area contributed by atoms with Crippen molar-refractivity contribution in [2.75, 3.05) is 5.32 Å². The second-order valence-electron chi connectivity index (χ2n) is 4.04. The van der Waals surface area contributed by atoms with E-state index in [0.29, 0.717) is 11.3 Å². The number of hydrogen-bond acceptors (Lipinski definition) is 4. The first-order valence-corrected chi connectivity index (χ1v) is 6.54. The van der Waals surface area contributed by atoms with Crippen LogP contribution in [0.2, 0.25) is 0 Å². The number of carbonyl (C=O) groups is 1. The monoisotopic (exact) mass is 270 g/mol. The number of aromatic hydroxyl groups is 1. The molecule has 0 aliphatic rings. The molecule has 3 rings (SSSR count). The molecular weight excluding hydrogens is 260 g/mol. The number of rotatable bonds is 2. The fourth-order valence-electron chi connectivity index (χ4n) is 1.78. The van der Waals surface area contributed by atoms with Gasteiger partial charge >= 0.3 is 0 Å². The summed E-state index contributed by atoms with van der Waals surface area (Å²) in [6.07, 6.45) is 0. The van der Waals surface area contributed by atoms with E-state index in [4.69, 9.17) is 0 Å². The van der Waals surface area contributed by atoms with Gasteiger partial charge in [0.05, 0.1) is 15.7 Å². The molecule has 0 bridgehead atoms. The average Bonchev–Trinajstić information content (AvgIpc) is 2.86. The van der Waals surface area contributed by atoms with Crippen LogP contribution in [0.1, 0.15) is 10.4 Å². The number of thiazole rings is 1. The molecule has 0 atom stereocenters. The van der Waals surface area contributed by atoms with E-state index in [1.165, 1.54) is 23.5 Å². The molecule has 1 heterocycles. The second kappa shape index (κ2) is 4.70. The summed E-state index contributed by atoms with van der Waals surface area (Å²) in [5.41, 5.74) is 3.82. The Balaban J connectivity index is 1.86. The molecule has 1 aromatic heterocycles. The number of nitrogens with one attached hydrogen (secondary N) is 1. The van der Waals surface area contributed by atoms with Gasteiger partial charge < -0.3 is 10.4 Å². The van der Waals surface area contributed by atoms with Crippen molar-refractivity contribution < 1.29 is 9.90 Å². The fraction of sp³-hybridized carbons (Fsp3) is 0. The molecular formula is C14H10N2O2S. The maximum Gasteiger partial charge on any atom is 0.255 e. The Hall–Kier alpha value is -2.40. The van der Waals surface area contributed by atoms with Crippen molar-refractivity contribution in [3.05, 3.63) is 53.5 Å². The first kappa shape index (κ1) is 11.7. The highest BCUT2D eigenvalue weighted by atomic mass is 32.1. The van der Waals surface area contributed by atoms with Gasteiger partial charge in [0, 0.05) is 11.3 Å². The van der Waals surface area contributed by atoms with Crippen LogP contribution in [-0.2, 0) is 0 Å². The molecule has 0 unspecified atom stereocenters. The molecule has 0 aliphatic carbocycles. The molecule has 94 valence electrons. The highest BCUT2D eigenvalue weighted by molar-refractivity contribution is 7.16. The number of nitrogens with zero attached hydrogens (tertiary/aromatic N) is 1. The number of aromatic nitrogens is 1. The number of carbonyl (C=O) groups excluding carboxylic acids is 1. The minimum absolute atomic E-state index is 0.0746. The third kappa shape index (κ3) is 2.41. The highest BCUT2D eigenvalue weighted by Crippen LogP contribution is 2.22. The van der Waals surface area contributed by atoms with Gasteiger partial charge in [-0.15, -0.1) is 11.3 Å². The standard InChI is InChI=1S/C14H10N2O2S/c17-11-3-1-2-9(6-11)14(18)16-10-4-5-12-13(7-10)19-8-15-12/h1-8,17H,(H,16,18). The van der Waals surface area contributed by atoms with E-state index >= 15 is 0 Å². The summed E-state index contributed by atoms with van der Waals surface area (Å²) in [5.74, 6) is -0.176. The highest BCUT2D eigenvalue weighted by Gasteiger charge is 2.07. The molecule has 1 amide bonds. The third-order valence-corrected chi connectivity index (χ3v) is 3.49. The zero-order valence-corrected chi connectivity index (χ0v) is 10.6. The van der Waals surface area contributed by atoms with E-state index in [1.807, 2.05) is 18.2 Å². The van der Waals surface area contributed by atoms with Crippen LogP contribution < -0.4 is 5.32 Å². The zero-order chi connectivity index (χ0) is 13.2. The lowest BCUT2D eigenvalue weighted by atomic mass is 10.2. The predicted molar refractivity (Wildman–Crippen MR) is 75.7 cm³/mol. The van der Waals surface area contributed by atoms with Crippen molar-refractivity contribution >= 4 is 33.1 Å². The maximum absolute atomic E-state index is 12.0. The maximum atomic E-state index is 12.0. The second-order valence-corrected chi connectivity index (χ2v) is 4.93. The lowest BCUT2D eigenvalue weighted by molar-refractivity contribution is 0.102. The van der Waals surface area contributed by atoms with Crippen molar-refractivity contribution in [3.63, 3.8) is 0 Å². The van der Waals surface area contributed by atoms with Crippen molar-refractivity contribution in [2.45, 2.75) is 0 Å². The molecule has 0 radical (unpaired) electrons. The summed E-state index contributed by atoms with van der Waals surface area (Å²) in [5, 5.41) is 12.2. The van der Waals surface area contributed by atoms with Crippen molar-refractivity contribution in [2.24, 2.45) is 0 Å². The Morgan fingerprint density at radius 1 is 1.21 bits per heavy atom. The van der Waals surface area contributed by atoms with E-state index in [0.717, 1.165) is 10.2 Å². The van der Waals surface area contributed by atoms with Gasteiger partial charge in [-0.1, -0.05) is 6.07 Å². The summed E-state index contributed by atoms with van der Waals surface area (Å²) in [4.78, 5) is 16.2. The first-order valence-electron chi connectivity index (χ1n) is 5.66. The van der Waals surface area contributed by atoms with Crippen LogP contribution in [0.3, 0.4) is 0 Å². The van der Waals surface area contributed by atoms with Gasteiger partial charge in [-0.3, -0.25) is 4.79 Å². The van der Waals surface area contributed by atoms with Crippen LogP contribution in [0.4, 0.5) is 5.69 Å². The number of amides is 1. The molecule has 0 spiro atoms. The molecule has 4 nitrogen and oxygen atoms in total. The number of phenols is 1. The minimum Gasteiger partial charge on any atom is -0.508 e. The number of anilines is 1. The van der Waals surface area contributed by atoms with Gasteiger partial charge in [0.2, 0.25) is 0 Å². The van der Waals surface area contributed by atoms with Crippen LogP contribution in [0.5, 0.6) is 5.75 Å². The Labute approximate surface area is 113 Å². The molecule has 19 heavy (non-hydrogen) atoms. The van der Waals surface area contributed by atoms with Gasteiger partial charge in [-0.05, 0) is 36.4 Å². The summed E-state index contributed by atoms with van der Waals surface area (Å²) < 4.78 is 1.02.